The molecular weight excluding hydrogens is 274 g/mol. The number of benzene rings is 1. The number of fused-ring (bicyclic) bond motifs is 1. The molecule has 1 atom stereocenters. The SMILES string of the molecule is Cc1cc(C(N)c2cc3c(s2)CCC3)c(C)cc1Cl. The molecule has 1 nitrogen and oxygen atoms in total. The summed E-state index contributed by atoms with van der Waals surface area (Å²) in [4.78, 5) is 2.82. The quantitative estimate of drug-likeness (QED) is 0.863. The highest BCUT2D eigenvalue weighted by Crippen LogP contribution is 2.36. The van der Waals surface area contributed by atoms with Gasteiger partial charge < -0.3 is 5.73 Å². The molecule has 100 valence electrons. The van der Waals surface area contributed by atoms with E-state index in [0.29, 0.717) is 0 Å². The molecule has 0 radical (unpaired) electrons. The van der Waals surface area contributed by atoms with Crippen LogP contribution in [0.4, 0.5) is 0 Å². The van der Waals surface area contributed by atoms with Crippen LogP contribution in [-0.4, -0.2) is 0 Å². The standard InChI is InChI=1S/C16H18ClNS/c1-9-7-13(17)10(2)6-12(9)16(18)15-8-11-4-3-5-14(11)19-15/h6-8,16H,3-5,18H2,1-2H3. The van der Waals surface area contributed by atoms with E-state index in [1.807, 2.05) is 24.3 Å². The van der Waals surface area contributed by atoms with Crippen LogP contribution in [0.2, 0.25) is 5.02 Å². The van der Waals surface area contributed by atoms with E-state index in [1.165, 1.54) is 45.7 Å². The first-order valence-corrected chi connectivity index (χ1v) is 7.89. The lowest BCUT2D eigenvalue weighted by molar-refractivity contribution is 0.872. The number of rotatable bonds is 2. The van der Waals surface area contributed by atoms with Crippen LogP contribution in [0.25, 0.3) is 0 Å². The van der Waals surface area contributed by atoms with Crippen LogP contribution < -0.4 is 5.73 Å². The van der Waals surface area contributed by atoms with Gasteiger partial charge >= 0.3 is 0 Å². The fourth-order valence-electron chi connectivity index (χ4n) is 2.80. The van der Waals surface area contributed by atoms with Gasteiger partial charge in [-0.2, -0.15) is 0 Å². The van der Waals surface area contributed by atoms with Crippen LogP contribution >= 0.6 is 22.9 Å². The van der Waals surface area contributed by atoms with Gasteiger partial charge in [-0.25, -0.2) is 0 Å². The predicted octanol–water partition coefficient (Wildman–Crippen LogP) is 4.56. The van der Waals surface area contributed by atoms with Crippen molar-refractivity contribution in [1.82, 2.24) is 0 Å². The first kappa shape index (κ1) is 13.2. The van der Waals surface area contributed by atoms with Crippen molar-refractivity contribution in [2.75, 3.05) is 0 Å². The average Bonchev–Trinajstić information content (AvgIpc) is 2.93. The molecule has 1 heterocycles. The summed E-state index contributed by atoms with van der Waals surface area (Å²) in [6.45, 7) is 4.12. The van der Waals surface area contributed by atoms with Crippen LogP contribution in [0.1, 0.15) is 44.5 Å². The van der Waals surface area contributed by atoms with Crippen LogP contribution in [0.5, 0.6) is 0 Å². The zero-order valence-corrected chi connectivity index (χ0v) is 12.9. The lowest BCUT2D eigenvalue weighted by Crippen LogP contribution is -2.12. The molecule has 1 aliphatic rings. The van der Waals surface area contributed by atoms with Crippen LogP contribution in [-0.2, 0) is 12.8 Å². The molecule has 2 N–H and O–H groups in total. The van der Waals surface area contributed by atoms with Gasteiger partial charge in [0.15, 0.2) is 0 Å². The van der Waals surface area contributed by atoms with Crippen molar-refractivity contribution in [3.05, 3.63) is 55.2 Å². The highest BCUT2D eigenvalue weighted by atomic mass is 35.5. The zero-order chi connectivity index (χ0) is 13.6. The lowest BCUT2D eigenvalue weighted by atomic mass is 9.98. The number of nitrogens with two attached hydrogens (primary N) is 1. The number of halogens is 1. The maximum Gasteiger partial charge on any atom is 0.0648 e. The van der Waals surface area contributed by atoms with Crippen molar-refractivity contribution >= 4 is 22.9 Å². The molecule has 1 aromatic heterocycles. The van der Waals surface area contributed by atoms with Gasteiger partial charge in [0.1, 0.15) is 0 Å². The van der Waals surface area contributed by atoms with Gasteiger partial charge in [-0.3, -0.25) is 0 Å². The molecule has 2 aromatic rings. The second-order valence-electron chi connectivity index (χ2n) is 5.39. The van der Waals surface area contributed by atoms with Gasteiger partial charge in [0.25, 0.3) is 0 Å². The summed E-state index contributed by atoms with van der Waals surface area (Å²) in [5, 5.41) is 0.821. The van der Waals surface area contributed by atoms with E-state index >= 15 is 0 Å². The Kier molecular flexibility index (Phi) is 3.42. The average molecular weight is 292 g/mol. The number of hydrogen-bond donors (Lipinski definition) is 1. The molecule has 3 heteroatoms. The second-order valence-corrected chi connectivity index (χ2v) is 6.96. The van der Waals surface area contributed by atoms with Gasteiger partial charge in [0, 0.05) is 14.8 Å². The van der Waals surface area contributed by atoms with Gasteiger partial charge in [0.05, 0.1) is 6.04 Å². The Hall–Kier alpha value is -0.830. The number of aryl methyl sites for hydroxylation is 4. The van der Waals surface area contributed by atoms with Crippen molar-refractivity contribution in [2.45, 2.75) is 39.2 Å². The Morgan fingerprint density at radius 2 is 1.95 bits per heavy atom. The molecule has 0 saturated carbocycles. The van der Waals surface area contributed by atoms with E-state index < -0.39 is 0 Å². The zero-order valence-electron chi connectivity index (χ0n) is 11.3. The highest BCUT2D eigenvalue weighted by molar-refractivity contribution is 7.12. The lowest BCUT2D eigenvalue weighted by Gasteiger charge is -2.15. The highest BCUT2D eigenvalue weighted by Gasteiger charge is 2.20. The van der Waals surface area contributed by atoms with Gasteiger partial charge in [0.2, 0.25) is 0 Å². The monoisotopic (exact) mass is 291 g/mol. The Labute approximate surface area is 123 Å². The minimum Gasteiger partial charge on any atom is -0.320 e. The summed E-state index contributed by atoms with van der Waals surface area (Å²) in [6, 6.07) is 6.44. The van der Waals surface area contributed by atoms with Crippen LogP contribution in [0.15, 0.2) is 18.2 Å². The summed E-state index contributed by atoms with van der Waals surface area (Å²) in [6.07, 6.45) is 3.75. The van der Waals surface area contributed by atoms with Crippen molar-refractivity contribution < 1.29 is 0 Å². The maximum atomic E-state index is 6.46. The van der Waals surface area contributed by atoms with E-state index in [1.54, 1.807) is 0 Å². The summed E-state index contributed by atoms with van der Waals surface area (Å²) >= 11 is 8.05. The number of thiophene rings is 1. The van der Waals surface area contributed by atoms with Crippen molar-refractivity contribution in [2.24, 2.45) is 5.73 Å². The van der Waals surface area contributed by atoms with Gasteiger partial charge in [-0.05, 0) is 67.5 Å². The third kappa shape index (κ3) is 2.33. The van der Waals surface area contributed by atoms with Crippen LogP contribution in [0.3, 0.4) is 0 Å². The molecule has 0 spiro atoms. The third-order valence-electron chi connectivity index (χ3n) is 3.95. The summed E-state index contributed by atoms with van der Waals surface area (Å²) in [5.74, 6) is 0. The minimum atomic E-state index is -0.0217. The third-order valence-corrected chi connectivity index (χ3v) is 5.68. The molecule has 1 aliphatic carbocycles. The minimum absolute atomic E-state index is 0.0217. The maximum absolute atomic E-state index is 6.46. The van der Waals surface area contributed by atoms with Crippen molar-refractivity contribution in [3.8, 4) is 0 Å². The van der Waals surface area contributed by atoms with Gasteiger partial charge in [-0.1, -0.05) is 17.7 Å². The van der Waals surface area contributed by atoms with E-state index in [4.69, 9.17) is 17.3 Å². The largest absolute Gasteiger partial charge is 0.320 e. The predicted molar refractivity (Wildman–Crippen MR) is 83.3 cm³/mol. The normalized spacial score (nSPS) is 15.6. The second kappa shape index (κ2) is 4.93. The van der Waals surface area contributed by atoms with Crippen LogP contribution in [0, 0.1) is 13.8 Å². The molecule has 0 saturated heterocycles. The van der Waals surface area contributed by atoms with E-state index in [0.717, 1.165) is 10.6 Å². The summed E-state index contributed by atoms with van der Waals surface area (Å²) in [5.41, 5.74) is 11.4. The Balaban J connectivity index is 1.99. The Morgan fingerprint density at radius 1 is 1.16 bits per heavy atom. The summed E-state index contributed by atoms with van der Waals surface area (Å²) < 4.78 is 0. The molecule has 1 unspecified atom stereocenters. The smallest absolute Gasteiger partial charge is 0.0648 e. The topological polar surface area (TPSA) is 26.0 Å². The van der Waals surface area contributed by atoms with Gasteiger partial charge in [-0.15, -0.1) is 11.3 Å². The molecule has 1 aromatic carbocycles. The fraction of sp³-hybridized carbons (Fsp3) is 0.375. The Bertz CT molecular complexity index is 608. The van der Waals surface area contributed by atoms with E-state index in [9.17, 15) is 0 Å². The molecular formula is C16H18ClNS. The molecule has 0 aliphatic heterocycles. The van der Waals surface area contributed by atoms with Crippen molar-refractivity contribution in [1.29, 1.82) is 0 Å². The Morgan fingerprint density at radius 3 is 2.68 bits per heavy atom. The van der Waals surface area contributed by atoms with E-state index in [2.05, 4.69) is 19.1 Å². The fourth-order valence-corrected chi connectivity index (χ4v) is 4.29. The molecule has 3 rings (SSSR count). The summed E-state index contributed by atoms with van der Waals surface area (Å²) in [7, 11) is 0. The first-order chi connectivity index (χ1) is 9.06. The molecule has 0 amide bonds. The van der Waals surface area contributed by atoms with E-state index in [-0.39, 0.29) is 6.04 Å². The molecule has 0 fully saturated rings. The molecule has 19 heavy (non-hydrogen) atoms. The number of hydrogen-bond acceptors (Lipinski definition) is 2. The first-order valence-electron chi connectivity index (χ1n) is 6.70. The van der Waals surface area contributed by atoms with Crippen molar-refractivity contribution in [3.63, 3.8) is 0 Å². The molecule has 0 bridgehead atoms.